The van der Waals surface area contributed by atoms with Crippen molar-refractivity contribution in [3.05, 3.63) is 36.0 Å². The number of nitrogens with zero attached hydrogens (tertiary/aromatic N) is 3. The van der Waals surface area contributed by atoms with E-state index >= 15 is 0 Å². The number of hydrogen-bond acceptors (Lipinski definition) is 4. The molecule has 1 fully saturated rings. The maximum atomic E-state index is 5.89. The Kier molecular flexibility index (Phi) is 3.54. The third kappa shape index (κ3) is 2.34. The molecule has 0 amide bonds. The molecular formula is C15H18N4S. The van der Waals surface area contributed by atoms with Crippen LogP contribution in [0.5, 0.6) is 0 Å². The molecule has 1 aromatic heterocycles. The van der Waals surface area contributed by atoms with Crippen molar-refractivity contribution in [3.63, 3.8) is 0 Å². The first kappa shape index (κ1) is 13.3. The van der Waals surface area contributed by atoms with E-state index in [2.05, 4.69) is 27.9 Å². The number of likely N-dealkylation sites (N-methyl/N-ethyl adjacent to an activating group) is 1. The van der Waals surface area contributed by atoms with E-state index in [1.54, 1.807) is 6.20 Å². The Bertz CT molecular complexity index is 647. The Hall–Kier alpha value is -1.72. The minimum absolute atomic E-state index is 0.414. The zero-order valence-electron chi connectivity index (χ0n) is 11.5. The first-order valence-electron chi connectivity index (χ1n) is 6.78. The van der Waals surface area contributed by atoms with Crippen LogP contribution in [0.15, 0.2) is 30.5 Å². The number of piperazine rings is 1. The molecule has 1 aromatic carbocycles. The third-order valence-electron chi connectivity index (χ3n) is 3.83. The molecule has 104 valence electrons. The average Bonchev–Trinajstić information content (AvgIpc) is 2.47. The number of aromatic nitrogens is 1. The van der Waals surface area contributed by atoms with Crippen LogP contribution in [0.3, 0.4) is 0 Å². The summed E-state index contributed by atoms with van der Waals surface area (Å²) in [6.07, 6.45) is 1.80. The predicted molar refractivity (Wildman–Crippen MR) is 87.3 cm³/mol. The second-order valence-corrected chi connectivity index (χ2v) is 5.63. The lowest BCUT2D eigenvalue weighted by Gasteiger charge is -2.35. The van der Waals surface area contributed by atoms with E-state index in [9.17, 15) is 0 Å². The van der Waals surface area contributed by atoms with Gasteiger partial charge in [0.05, 0.1) is 16.8 Å². The summed E-state index contributed by atoms with van der Waals surface area (Å²) in [5, 5.41) is 1.13. The second-order valence-electron chi connectivity index (χ2n) is 5.19. The minimum Gasteiger partial charge on any atom is -0.389 e. The SMILES string of the molecule is CN1CCN(c2c(C(N)=S)cnc3ccccc23)CC1. The van der Waals surface area contributed by atoms with Gasteiger partial charge in [0.1, 0.15) is 4.99 Å². The van der Waals surface area contributed by atoms with Gasteiger partial charge in [0.25, 0.3) is 0 Å². The maximum absolute atomic E-state index is 5.89. The van der Waals surface area contributed by atoms with E-state index in [1.165, 1.54) is 0 Å². The van der Waals surface area contributed by atoms with Crippen molar-refractivity contribution in [1.29, 1.82) is 0 Å². The lowest BCUT2D eigenvalue weighted by molar-refractivity contribution is 0.313. The van der Waals surface area contributed by atoms with Crippen LogP contribution < -0.4 is 10.6 Å². The summed E-state index contributed by atoms with van der Waals surface area (Å²) in [6, 6.07) is 8.16. The molecule has 2 N–H and O–H groups in total. The van der Waals surface area contributed by atoms with E-state index in [0.717, 1.165) is 48.3 Å². The number of nitrogens with two attached hydrogens (primary N) is 1. The van der Waals surface area contributed by atoms with Crippen molar-refractivity contribution in [1.82, 2.24) is 9.88 Å². The lowest BCUT2D eigenvalue weighted by Crippen LogP contribution is -2.45. The highest BCUT2D eigenvalue weighted by Gasteiger charge is 2.20. The molecule has 5 heteroatoms. The molecule has 2 aromatic rings. The van der Waals surface area contributed by atoms with Crippen LogP contribution in [0, 0.1) is 0 Å². The molecule has 1 aliphatic rings. The summed E-state index contributed by atoms with van der Waals surface area (Å²) < 4.78 is 0. The van der Waals surface area contributed by atoms with Gasteiger partial charge in [-0.15, -0.1) is 0 Å². The number of fused-ring (bicyclic) bond motifs is 1. The Morgan fingerprint density at radius 1 is 1.20 bits per heavy atom. The Morgan fingerprint density at radius 2 is 1.90 bits per heavy atom. The van der Waals surface area contributed by atoms with Gasteiger partial charge in [0, 0.05) is 37.8 Å². The van der Waals surface area contributed by atoms with Crippen molar-refractivity contribution in [2.24, 2.45) is 5.73 Å². The molecular weight excluding hydrogens is 268 g/mol. The van der Waals surface area contributed by atoms with Crippen molar-refractivity contribution < 1.29 is 0 Å². The van der Waals surface area contributed by atoms with Crippen LogP contribution >= 0.6 is 12.2 Å². The topological polar surface area (TPSA) is 45.4 Å². The lowest BCUT2D eigenvalue weighted by atomic mass is 10.1. The van der Waals surface area contributed by atoms with Crippen LogP contribution in [-0.4, -0.2) is 48.1 Å². The standard InChI is InChI=1S/C15H18N4S/c1-18-6-8-19(9-7-18)14-11-4-2-3-5-13(11)17-10-12(14)15(16)20/h2-5,10H,6-9H2,1H3,(H2,16,20). The summed E-state index contributed by atoms with van der Waals surface area (Å²) in [4.78, 5) is 9.59. The number of anilines is 1. The van der Waals surface area contributed by atoms with Crippen molar-refractivity contribution >= 4 is 33.8 Å². The van der Waals surface area contributed by atoms with Gasteiger partial charge >= 0.3 is 0 Å². The fourth-order valence-electron chi connectivity index (χ4n) is 2.68. The van der Waals surface area contributed by atoms with E-state index in [0.29, 0.717) is 4.99 Å². The van der Waals surface area contributed by atoms with Crippen molar-refractivity contribution in [3.8, 4) is 0 Å². The third-order valence-corrected chi connectivity index (χ3v) is 4.05. The quantitative estimate of drug-likeness (QED) is 0.850. The van der Waals surface area contributed by atoms with Gasteiger partial charge in [-0.25, -0.2) is 0 Å². The van der Waals surface area contributed by atoms with Gasteiger partial charge in [-0.3, -0.25) is 4.98 Å². The van der Waals surface area contributed by atoms with E-state index in [-0.39, 0.29) is 0 Å². The smallest absolute Gasteiger partial charge is 0.107 e. The zero-order valence-corrected chi connectivity index (χ0v) is 12.4. The van der Waals surface area contributed by atoms with Gasteiger partial charge in [-0.2, -0.15) is 0 Å². The highest BCUT2D eigenvalue weighted by molar-refractivity contribution is 7.80. The second kappa shape index (κ2) is 5.34. The molecule has 0 bridgehead atoms. The monoisotopic (exact) mass is 286 g/mol. The molecule has 2 heterocycles. The highest BCUT2D eigenvalue weighted by atomic mass is 32.1. The molecule has 0 atom stereocenters. The highest BCUT2D eigenvalue weighted by Crippen LogP contribution is 2.30. The van der Waals surface area contributed by atoms with Gasteiger partial charge in [-0.1, -0.05) is 30.4 Å². The summed E-state index contributed by atoms with van der Waals surface area (Å²) in [5.74, 6) is 0. The van der Waals surface area contributed by atoms with E-state index in [1.807, 2.05) is 18.2 Å². The molecule has 4 nitrogen and oxygen atoms in total. The number of hydrogen-bond donors (Lipinski definition) is 1. The van der Waals surface area contributed by atoms with Crippen molar-refractivity contribution in [2.45, 2.75) is 0 Å². The molecule has 0 unspecified atom stereocenters. The Balaban J connectivity index is 2.15. The number of pyridine rings is 1. The fourth-order valence-corrected chi connectivity index (χ4v) is 2.83. The van der Waals surface area contributed by atoms with Crippen LogP contribution in [0.2, 0.25) is 0 Å². The van der Waals surface area contributed by atoms with Gasteiger partial charge in [0.15, 0.2) is 0 Å². The van der Waals surface area contributed by atoms with E-state index < -0.39 is 0 Å². The van der Waals surface area contributed by atoms with Crippen LogP contribution in [0.1, 0.15) is 5.56 Å². The van der Waals surface area contributed by atoms with Crippen LogP contribution in [-0.2, 0) is 0 Å². The first-order valence-corrected chi connectivity index (χ1v) is 7.18. The Morgan fingerprint density at radius 3 is 2.60 bits per heavy atom. The molecule has 3 rings (SSSR count). The number of rotatable bonds is 2. The largest absolute Gasteiger partial charge is 0.389 e. The summed E-state index contributed by atoms with van der Waals surface area (Å²) in [5.41, 5.74) is 8.89. The minimum atomic E-state index is 0.414. The van der Waals surface area contributed by atoms with Gasteiger partial charge in [0.2, 0.25) is 0 Å². The number of para-hydroxylation sites is 1. The van der Waals surface area contributed by atoms with Gasteiger partial charge < -0.3 is 15.5 Å². The van der Waals surface area contributed by atoms with Gasteiger partial charge in [-0.05, 0) is 13.1 Å². The predicted octanol–water partition coefficient (Wildman–Crippen LogP) is 1.62. The van der Waals surface area contributed by atoms with Crippen LogP contribution in [0.25, 0.3) is 10.9 Å². The zero-order chi connectivity index (χ0) is 14.1. The molecule has 0 spiro atoms. The van der Waals surface area contributed by atoms with Crippen LogP contribution in [0.4, 0.5) is 5.69 Å². The molecule has 0 saturated carbocycles. The summed E-state index contributed by atoms with van der Waals surface area (Å²) >= 11 is 5.21. The van der Waals surface area contributed by atoms with Crippen molar-refractivity contribution in [2.75, 3.05) is 38.1 Å². The molecule has 0 radical (unpaired) electrons. The fraction of sp³-hybridized carbons (Fsp3) is 0.333. The number of benzene rings is 1. The summed E-state index contributed by atoms with van der Waals surface area (Å²) in [6.45, 7) is 4.07. The summed E-state index contributed by atoms with van der Waals surface area (Å²) in [7, 11) is 2.15. The number of thiocarbonyl (C=S) groups is 1. The molecule has 0 aliphatic carbocycles. The van der Waals surface area contributed by atoms with E-state index in [4.69, 9.17) is 18.0 Å². The first-order chi connectivity index (χ1) is 9.66. The molecule has 20 heavy (non-hydrogen) atoms. The normalized spacial score (nSPS) is 16.6. The molecule has 1 aliphatic heterocycles. The Labute approximate surface area is 124 Å². The average molecular weight is 286 g/mol. The molecule has 1 saturated heterocycles. The maximum Gasteiger partial charge on any atom is 0.107 e.